The molecular weight excluding hydrogens is 136 g/mol. The van der Waals surface area contributed by atoms with Gasteiger partial charge < -0.3 is 5.73 Å². The fourth-order valence-corrected chi connectivity index (χ4v) is 1.09. The zero-order valence-corrected chi connectivity index (χ0v) is 5.44. The summed E-state index contributed by atoms with van der Waals surface area (Å²) < 4.78 is 0. The first-order chi connectivity index (χ1) is 4.29. The van der Waals surface area contributed by atoms with Crippen LogP contribution in [-0.2, 0) is 0 Å². The molecule has 0 saturated heterocycles. The second-order valence-corrected chi connectivity index (χ2v) is 2.41. The van der Waals surface area contributed by atoms with Crippen LogP contribution < -0.4 is 11.1 Å². The predicted molar refractivity (Wildman–Crippen MR) is 37.5 cm³/mol. The number of carbonyl (C=O) groups is 1. The zero-order valence-electron chi connectivity index (χ0n) is 4.63. The van der Waals surface area contributed by atoms with E-state index in [1.165, 1.54) is 11.3 Å². The minimum absolute atomic E-state index is 0.516. The Hall–Kier alpha value is -1.03. The molecule has 1 heterocycles. The molecule has 0 aliphatic rings. The lowest BCUT2D eigenvalue weighted by molar-refractivity contribution is 0.259. The summed E-state index contributed by atoms with van der Waals surface area (Å²) >= 11 is 1.44. The normalized spacial score (nSPS) is 8.89. The van der Waals surface area contributed by atoms with Crippen LogP contribution in [0.2, 0.25) is 0 Å². The largest absolute Gasteiger partial charge is 0.351 e. The van der Waals surface area contributed by atoms with Crippen LogP contribution in [0.15, 0.2) is 17.5 Å². The quantitative estimate of drug-likeness (QED) is 0.609. The summed E-state index contributed by atoms with van der Waals surface area (Å²) in [5.41, 5.74) is 4.84. The minimum Gasteiger partial charge on any atom is -0.351 e. The van der Waals surface area contributed by atoms with E-state index in [-0.39, 0.29) is 0 Å². The van der Waals surface area contributed by atoms with Crippen molar-refractivity contribution in [2.75, 3.05) is 5.32 Å². The van der Waals surface area contributed by atoms with E-state index in [0.29, 0.717) is 0 Å². The van der Waals surface area contributed by atoms with Crippen molar-refractivity contribution in [1.82, 2.24) is 0 Å². The van der Waals surface area contributed by atoms with E-state index in [2.05, 4.69) is 5.32 Å². The van der Waals surface area contributed by atoms with Crippen molar-refractivity contribution in [3.63, 3.8) is 0 Å². The number of primary amides is 1. The highest BCUT2D eigenvalue weighted by Crippen LogP contribution is 2.13. The van der Waals surface area contributed by atoms with E-state index in [1.807, 2.05) is 11.4 Å². The summed E-state index contributed by atoms with van der Waals surface area (Å²) in [6.45, 7) is 0. The first-order valence-corrected chi connectivity index (χ1v) is 3.27. The number of thiophene rings is 1. The number of nitrogens with two attached hydrogens (primary N) is 1. The highest BCUT2D eigenvalue weighted by Gasteiger charge is 1.92. The molecule has 0 aromatic carbocycles. The van der Waals surface area contributed by atoms with Crippen LogP contribution in [0.4, 0.5) is 9.80 Å². The molecule has 0 aliphatic carbocycles. The Balaban J connectivity index is 2.58. The summed E-state index contributed by atoms with van der Waals surface area (Å²) in [6.07, 6.45) is 0. The molecule has 1 aromatic rings. The lowest BCUT2D eigenvalue weighted by Gasteiger charge is -1.92. The van der Waals surface area contributed by atoms with Gasteiger partial charge in [-0.3, -0.25) is 5.32 Å². The number of urea groups is 1. The van der Waals surface area contributed by atoms with Crippen LogP contribution in [0.1, 0.15) is 0 Å². The molecule has 0 fully saturated rings. The number of amides is 2. The van der Waals surface area contributed by atoms with Crippen molar-refractivity contribution < 1.29 is 4.79 Å². The lowest BCUT2D eigenvalue weighted by Crippen LogP contribution is -2.18. The Labute approximate surface area is 56.5 Å². The second-order valence-electron chi connectivity index (χ2n) is 1.47. The van der Waals surface area contributed by atoms with Gasteiger partial charge in [0.25, 0.3) is 0 Å². The molecule has 1 aromatic heterocycles. The molecule has 0 bridgehead atoms. The van der Waals surface area contributed by atoms with Crippen molar-refractivity contribution in [3.05, 3.63) is 17.5 Å². The maximum atomic E-state index is 10.2. The van der Waals surface area contributed by atoms with Crippen molar-refractivity contribution in [2.24, 2.45) is 5.73 Å². The van der Waals surface area contributed by atoms with Gasteiger partial charge in [0, 0.05) is 0 Å². The third-order valence-corrected chi connectivity index (χ3v) is 1.55. The second kappa shape index (κ2) is 2.50. The van der Waals surface area contributed by atoms with E-state index in [0.717, 1.165) is 5.00 Å². The van der Waals surface area contributed by atoms with Gasteiger partial charge in [-0.25, -0.2) is 4.79 Å². The average molecular weight is 142 g/mol. The lowest BCUT2D eigenvalue weighted by atomic mass is 10.6. The molecular formula is C5H6N2OS. The van der Waals surface area contributed by atoms with Gasteiger partial charge in [0.15, 0.2) is 0 Å². The molecule has 0 unspecified atom stereocenters. The number of hydrogen-bond acceptors (Lipinski definition) is 2. The van der Waals surface area contributed by atoms with Gasteiger partial charge in [0.1, 0.15) is 0 Å². The van der Waals surface area contributed by atoms with Crippen molar-refractivity contribution >= 4 is 22.4 Å². The van der Waals surface area contributed by atoms with Crippen molar-refractivity contribution in [3.8, 4) is 0 Å². The summed E-state index contributed by atoms with van der Waals surface area (Å²) in [4.78, 5) is 10.2. The van der Waals surface area contributed by atoms with Gasteiger partial charge in [-0.05, 0) is 17.5 Å². The SMILES string of the molecule is NC(=O)Nc1cccs1. The fraction of sp³-hybridized carbons (Fsp3) is 0. The Morgan fingerprint density at radius 3 is 3.00 bits per heavy atom. The van der Waals surface area contributed by atoms with E-state index >= 15 is 0 Å². The van der Waals surface area contributed by atoms with Gasteiger partial charge in [0.2, 0.25) is 0 Å². The Morgan fingerprint density at radius 1 is 1.78 bits per heavy atom. The number of nitrogens with one attached hydrogen (secondary N) is 1. The van der Waals surface area contributed by atoms with Gasteiger partial charge in [0.05, 0.1) is 5.00 Å². The van der Waals surface area contributed by atoms with Crippen LogP contribution in [0.5, 0.6) is 0 Å². The Kier molecular flexibility index (Phi) is 1.69. The Bertz CT molecular complexity index is 195. The highest BCUT2D eigenvalue weighted by atomic mass is 32.1. The predicted octanol–water partition coefficient (Wildman–Crippen LogP) is 1.24. The third kappa shape index (κ3) is 1.73. The molecule has 0 radical (unpaired) electrons. The first kappa shape index (κ1) is 6.10. The molecule has 48 valence electrons. The number of carbonyl (C=O) groups excluding carboxylic acids is 1. The van der Waals surface area contributed by atoms with Crippen LogP contribution in [0, 0.1) is 0 Å². The maximum absolute atomic E-state index is 10.2. The molecule has 1 rings (SSSR count). The molecule has 4 heteroatoms. The van der Waals surface area contributed by atoms with Crippen LogP contribution in [-0.4, -0.2) is 6.03 Å². The number of rotatable bonds is 1. The van der Waals surface area contributed by atoms with E-state index < -0.39 is 6.03 Å². The number of hydrogen-bond donors (Lipinski definition) is 2. The molecule has 9 heavy (non-hydrogen) atoms. The molecule has 2 amide bonds. The molecule has 0 atom stereocenters. The van der Waals surface area contributed by atoms with Crippen molar-refractivity contribution in [2.45, 2.75) is 0 Å². The van der Waals surface area contributed by atoms with Crippen molar-refractivity contribution in [1.29, 1.82) is 0 Å². The van der Waals surface area contributed by atoms with Gasteiger partial charge in [-0.15, -0.1) is 11.3 Å². The van der Waals surface area contributed by atoms with Gasteiger partial charge >= 0.3 is 6.03 Å². The smallest absolute Gasteiger partial charge is 0.317 e. The van der Waals surface area contributed by atoms with Gasteiger partial charge in [-0.2, -0.15) is 0 Å². The van der Waals surface area contributed by atoms with Crippen LogP contribution in [0.3, 0.4) is 0 Å². The standard InChI is InChI=1S/C5H6N2OS/c6-5(8)7-4-2-1-3-9-4/h1-3H,(H3,6,7,8). The zero-order chi connectivity index (χ0) is 6.69. The summed E-state index contributed by atoms with van der Waals surface area (Å²) in [6, 6.07) is 3.11. The first-order valence-electron chi connectivity index (χ1n) is 2.39. The molecule has 0 saturated carbocycles. The maximum Gasteiger partial charge on any atom is 0.317 e. The molecule has 3 nitrogen and oxygen atoms in total. The van der Waals surface area contributed by atoms with Crippen LogP contribution >= 0.6 is 11.3 Å². The highest BCUT2D eigenvalue weighted by molar-refractivity contribution is 7.14. The van der Waals surface area contributed by atoms with Crippen LogP contribution in [0.25, 0.3) is 0 Å². The molecule has 3 N–H and O–H groups in total. The minimum atomic E-state index is -0.516. The monoisotopic (exact) mass is 142 g/mol. The summed E-state index contributed by atoms with van der Waals surface area (Å²) in [7, 11) is 0. The molecule has 0 spiro atoms. The molecule has 0 aliphatic heterocycles. The summed E-state index contributed by atoms with van der Waals surface area (Å²) in [5, 5.41) is 5.09. The Morgan fingerprint density at radius 2 is 2.56 bits per heavy atom. The topological polar surface area (TPSA) is 55.1 Å². The summed E-state index contributed by atoms with van der Waals surface area (Å²) in [5.74, 6) is 0. The van der Waals surface area contributed by atoms with E-state index in [4.69, 9.17) is 5.73 Å². The fourth-order valence-electron chi connectivity index (χ4n) is 0.471. The van der Waals surface area contributed by atoms with E-state index in [9.17, 15) is 4.79 Å². The third-order valence-electron chi connectivity index (χ3n) is 0.768. The van der Waals surface area contributed by atoms with E-state index in [1.54, 1.807) is 6.07 Å². The average Bonchev–Trinajstić information content (AvgIpc) is 2.15. The van der Waals surface area contributed by atoms with Gasteiger partial charge in [-0.1, -0.05) is 0 Å². The number of anilines is 1.